The molecule has 1 amide bonds. The Hall–Kier alpha value is -1.23. The average molecular weight is 265 g/mol. The Morgan fingerprint density at radius 3 is 3.00 bits per heavy atom. The lowest BCUT2D eigenvalue weighted by molar-refractivity contribution is 0.0947. The Kier molecular flexibility index (Phi) is 4.87. The normalized spacial score (nSPS) is 16.3. The van der Waals surface area contributed by atoms with Crippen LogP contribution >= 0.6 is 11.8 Å². The van der Waals surface area contributed by atoms with Gasteiger partial charge in [0.15, 0.2) is 0 Å². The van der Waals surface area contributed by atoms with Crippen LogP contribution in [0.15, 0.2) is 18.5 Å². The first kappa shape index (κ1) is 13.2. The van der Waals surface area contributed by atoms with E-state index in [1.54, 1.807) is 12.4 Å². The number of hydrogen-bond donors (Lipinski definition) is 2. The summed E-state index contributed by atoms with van der Waals surface area (Å²) in [6, 6.07) is 1.81. The van der Waals surface area contributed by atoms with Crippen LogP contribution in [0.1, 0.15) is 23.2 Å². The van der Waals surface area contributed by atoms with Crippen molar-refractivity contribution < 1.29 is 4.79 Å². The van der Waals surface area contributed by atoms with Gasteiger partial charge in [-0.2, -0.15) is 11.8 Å². The first-order valence-electron chi connectivity index (χ1n) is 6.29. The molecule has 1 aliphatic heterocycles. The molecule has 0 atom stereocenters. The van der Waals surface area contributed by atoms with Gasteiger partial charge in [-0.25, -0.2) is 0 Å². The Morgan fingerprint density at radius 2 is 2.28 bits per heavy atom. The number of nitrogens with zero attached hydrogens (tertiary/aromatic N) is 1. The predicted octanol–water partition coefficient (Wildman–Crippen LogP) is 2.00. The van der Waals surface area contributed by atoms with E-state index in [2.05, 4.69) is 15.6 Å². The van der Waals surface area contributed by atoms with Crippen LogP contribution < -0.4 is 10.6 Å². The lowest BCUT2D eigenvalue weighted by Crippen LogP contribution is -2.31. The number of carbonyl (C=O) groups excluding carboxylic acids is 1. The van der Waals surface area contributed by atoms with Crippen molar-refractivity contribution in [3.63, 3.8) is 0 Å². The van der Waals surface area contributed by atoms with E-state index in [0.717, 1.165) is 12.2 Å². The largest absolute Gasteiger partial charge is 0.387 e. The van der Waals surface area contributed by atoms with E-state index in [0.29, 0.717) is 11.5 Å². The van der Waals surface area contributed by atoms with Crippen LogP contribution in [0.2, 0.25) is 0 Å². The Morgan fingerprint density at radius 1 is 1.50 bits per heavy atom. The van der Waals surface area contributed by atoms with Crippen LogP contribution in [0.25, 0.3) is 0 Å². The Labute approximate surface area is 112 Å². The number of amides is 1. The predicted molar refractivity (Wildman–Crippen MR) is 76.2 cm³/mol. The highest BCUT2D eigenvalue weighted by Crippen LogP contribution is 2.22. The molecule has 0 aromatic carbocycles. The van der Waals surface area contributed by atoms with Crippen molar-refractivity contribution >= 4 is 23.4 Å². The summed E-state index contributed by atoms with van der Waals surface area (Å²) in [7, 11) is 1.81. The third-order valence-corrected chi connectivity index (χ3v) is 4.28. The zero-order valence-electron chi connectivity index (χ0n) is 10.6. The first-order chi connectivity index (χ1) is 8.81. The van der Waals surface area contributed by atoms with Crippen molar-refractivity contribution in [3.05, 3.63) is 24.0 Å². The topological polar surface area (TPSA) is 54.0 Å². The van der Waals surface area contributed by atoms with E-state index in [-0.39, 0.29) is 5.91 Å². The van der Waals surface area contributed by atoms with Gasteiger partial charge >= 0.3 is 0 Å². The van der Waals surface area contributed by atoms with Gasteiger partial charge in [-0.15, -0.1) is 0 Å². The molecule has 1 aromatic rings. The van der Waals surface area contributed by atoms with Gasteiger partial charge in [0.2, 0.25) is 0 Å². The SMILES string of the molecule is CNc1ccncc1C(=O)NCC1CCSCC1. The van der Waals surface area contributed by atoms with Gasteiger partial charge in [-0.1, -0.05) is 0 Å². The van der Waals surface area contributed by atoms with Gasteiger partial charge in [-0.05, 0) is 36.3 Å². The van der Waals surface area contributed by atoms with Crippen LogP contribution in [0.3, 0.4) is 0 Å². The molecule has 18 heavy (non-hydrogen) atoms. The summed E-state index contributed by atoms with van der Waals surface area (Å²) in [5.41, 5.74) is 1.44. The number of thioether (sulfide) groups is 1. The molecule has 0 saturated carbocycles. The maximum absolute atomic E-state index is 12.1. The van der Waals surface area contributed by atoms with Gasteiger partial charge < -0.3 is 10.6 Å². The van der Waals surface area contributed by atoms with Crippen LogP contribution in [-0.4, -0.2) is 36.0 Å². The van der Waals surface area contributed by atoms with Crippen molar-refractivity contribution in [2.24, 2.45) is 5.92 Å². The minimum Gasteiger partial charge on any atom is -0.387 e. The highest BCUT2D eigenvalue weighted by Gasteiger charge is 2.16. The lowest BCUT2D eigenvalue weighted by atomic mass is 10.0. The molecule has 2 heterocycles. The standard InChI is InChI=1S/C13H19N3OS/c1-14-12-2-5-15-9-11(12)13(17)16-8-10-3-6-18-7-4-10/h2,5,9-10H,3-4,6-8H2,1H3,(H,14,15)(H,16,17). The maximum atomic E-state index is 12.1. The molecule has 2 rings (SSSR count). The van der Waals surface area contributed by atoms with E-state index in [1.807, 2.05) is 24.9 Å². The van der Waals surface area contributed by atoms with Crippen LogP contribution in [0.5, 0.6) is 0 Å². The van der Waals surface area contributed by atoms with Gasteiger partial charge in [0, 0.05) is 31.7 Å². The third kappa shape index (κ3) is 3.38. The Balaban J connectivity index is 1.90. The van der Waals surface area contributed by atoms with Crippen molar-refractivity contribution in [2.45, 2.75) is 12.8 Å². The number of aromatic nitrogens is 1. The first-order valence-corrected chi connectivity index (χ1v) is 7.44. The van der Waals surface area contributed by atoms with Crippen molar-refractivity contribution in [3.8, 4) is 0 Å². The van der Waals surface area contributed by atoms with Crippen LogP contribution in [0, 0.1) is 5.92 Å². The summed E-state index contributed by atoms with van der Waals surface area (Å²) >= 11 is 2.00. The molecule has 1 saturated heterocycles. The highest BCUT2D eigenvalue weighted by molar-refractivity contribution is 7.99. The molecule has 2 N–H and O–H groups in total. The second-order valence-electron chi connectivity index (χ2n) is 4.44. The van der Waals surface area contributed by atoms with Gasteiger partial charge in [-0.3, -0.25) is 9.78 Å². The summed E-state index contributed by atoms with van der Waals surface area (Å²) in [5, 5.41) is 6.03. The number of pyridine rings is 1. The minimum atomic E-state index is -0.0364. The van der Waals surface area contributed by atoms with E-state index >= 15 is 0 Å². The summed E-state index contributed by atoms with van der Waals surface area (Å²) in [6.45, 7) is 0.775. The molecular weight excluding hydrogens is 246 g/mol. The summed E-state index contributed by atoms with van der Waals surface area (Å²) in [4.78, 5) is 16.1. The molecule has 1 aromatic heterocycles. The van der Waals surface area contributed by atoms with Gasteiger partial charge in [0.25, 0.3) is 5.91 Å². The van der Waals surface area contributed by atoms with E-state index < -0.39 is 0 Å². The number of hydrogen-bond acceptors (Lipinski definition) is 4. The van der Waals surface area contributed by atoms with Gasteiger partial charge in [0.05, 0.1) is 5.56 Å². The third-order valence-electron chi connectivity index (χ3n) is 3.23. The van der Waals surface area contributed by atoms with E-state index in [4.69, 9.17) is 0 Å². The van der Waals surface area contributed by atoms with Gasteiger partial charge in [0.1, 0.15) is 0 Å². The van der Waals surface area contributed by atoms with Crippen molar-refractivity contribution in [2.75, 3.05) is 30.4 Å². The molecule has 1 aliphatic rings. The molecule has 0 spiro atoms. The molecule has 0 radical (unpaired) electrons. The van der Waals surface area contributed by atoms with Crippen molar-refractivity contribution in [1.29, 1.82) is 0 Å². The molecule has 1 fully saturated rings. The minimum absolute atomic E-state index is 0.0364. The molecule has 4 nitrogen and oxygen atoms in total. The summed E-state index contributed by atoms with van der Waals surface area (Å²) < 4.78 is 0. The Bertz CT molecular complexity index is 405. The fourth-order valence-electron chi connectivity index (χ4n) is 2.08. The molecule has 0 unspecified atom stereocenters. The fourth-order valence-corrected chi connectivity index (χ4v) is 3.28. The summed E-state index contributed by atoms with van der Waals surface area (Å²) in [5.74, 6) is 3.03. The van der Waals surface area contributed by atoms with Crippen LogP contribution in [-0.2, 0) is 0 Å². The molecule has 5 heteroatoms. The molecule has 98 valence electrons. The van der Waals surface area contributed by atoms with Crippen molar-refractivity contribution in [1.82, 2.24) is 10.3 Å². The highest BCUT2D eigenvalue weighted by atomic mass is 32.2. The fraction of sp³-hybridized carbons (Fsp3) is 0.538. The van der Waals surface area contributed by atoms with Crippen LogP contribution in [0.4, 0.5) is 5.69 Å². The lowest BCUT2D eigenvalue weighted by Gasteiger charge is -2.21. The quantitative estimate of drug-likeness (QED) is 0.874. The molecular formula is C13H19N3OS. The second kappa shape index (κ2) is 6.64. The molecule has 0 bridgehead atoms. The van der Waals surface area contributed by atoms with E-state index in [9.17, 15) is 4.79 Å². The second-order valence-corrected chi connectivity index (χ2v) is 5.66. The zero-order valence-corrected chi connectivity index (χ0v) is 11.4. The smallest absolute Gasteiger partial charge is 0.254 e. The maximum Gasteiger partial charge on any atom is 0.254 e. The van der Waals surface area contributed by atoms with E-state index in [1.165, 1.54) is 24.3 Å². The zero-order chi connectivity index (χ0) is 12.8. The molecule has 0 aliphatic carbocycles. The number of nitrogens with one attached hydrogen (secondary N) is 2. The number of rotatable bonds is 4. The number of carbonyl (C=O) groups is 1. The monoisotopic (exact) mass is 265 g/mol. The average Bonchev–Trinajstić information content (AvgIpc) is 2.45. The summed E-state index contributed by atoms with van der Waals surface area (Å²) in [6.07, 6.45) is 5.70. The number of anilines is 1.